The molecule has 0 aliphatic heterocycles. The fourth-order valence-electron chi connectivity index (χ4n) is 2.53. The minimum atomic E-state index is -4.63. The van der Waals surface area contributed by atoms with Crippen molar-refractivity contribution in [3.63, 3.8) is 0 Å². The van der Waals surface area contributed by atoms with Gasteiger partial charge in [0, 0.05) is 18.3 Å². The van der Waals surface area contributed by atoms with Gasteiger partial charge in [-0.2, -0.15) is 18.4 Å². The second-order valence-electron chi connectivity index (χ2n) is 6.56. The number of alkyl halides is 3. The molecule has 136 valence electrons. The summed E-state index contributed by atoms with van der Waals surface area (Å²) in [4.78, 5) is 18.3. The molecule has 4 nitrogen and oxygen atoms in total. The van der Waals surface area contributed by atoms with E-state index in [-0.39, 0.29) is 28.4 Å². The van der Waals surface area contributed by atoms with Gasteiger partial charge in [0.2, 0.25) is 5.91 Å². The highest BCUT2D eigenvalue weighted by Gasteiger charge is 2.36. The van der Waals surface area contributed by atoms with E-state index < -0.39 is 17.3 Å². The van der Waals surface area contributed by atoms with Crippen molar-refractivity contribution >= 4 is 17.7 Å². The molecule has 1 amide bonds. The fourth-order valence-corrected chi connectivity index (χ4v) is 3.46. The summed E-state index contributed by atoms with van der Waals surface area (Å²) in [7, 11) is 0. The van der Waals surface area contributed by atoms with Crippen molar-refractivity contribution in [3.8, 4) is 6.07 Å². The van der Waals surface area contributed by atoms with Crippen LogP contribution in [0.4, 0.5) is 13.2 Å². The number of halogens is 3. The molecule has 0 bridgehead atoms. The first-order valence-electron chi connectivity index (χ1n) is 8.04. The van der Waals surface area contributed by atoms with E-state index >= 15 is 0 Å². The molecule has 1 saturated carbocycles. The Morgan fingerprint density at radius 1 is 1.48 bits per heavy atom. The zero-order valence-electron chi connectivity index (χ0n) is 14.4. The van der Waals surface area contributed by atoms with Crippen LogP contribution in [0.25, 0.3) is 0 Å². The van der Waals surface area contributed by atoms with Gasteiger partial charge in [-0.05, 0) is 31.7 Å². The number of aromatic nitrogens is 1. The van der Waals surface area contributed by atoms with Crippen LogP contribution in [0.5, 0.6) is 0 Å². The number of carbonyl (C=O) groups is 1. The molecule has 1 aliphatic rings. The average molecular weight is 371 g/mol. The summed E-state index contributed by atoms with van der Waals surface area (Å²) in [6.07, 6.45) is -2.70. The Labute approximate surface area is 149 Å². The Balaban J connectivity index is 2.18. The zero-order chi connectivity index (χ0) is 18.8. The predicted octanol–water partition coefficient (Wildman–Crippen LogP) is 4.02. The Morgan fingerprint density at radius 2 is 2.12 bits per heavy atom. The molecule has 0 unspecified atom stereocenters. The third kappa shape index (κ3) is 5.11. The number of hydrogen-bond donors (Lipinski definition) is 0. The van der Waals surface area contributed by atoms with Crippen LogP contribution in [0.1, 0.15) is 43.5 Å². The van der Waals surface area contributed by atoms with Gasteiger partial charge < -0.3 is 4.90 Å². The van der Waals surface area contributed by atoms with Crippen molar-refractivity contribution in [3.05, 3.63) is 22.9 Å². The molecule has 1 aromatic heterocycles. The molecule has 1 aliphatic carbocycles. The molecule has 1 fully saturated rings. The molecule has 1 aromatic rings. The van der Waals surface area contributed by atoms with Gasteiger partial charge >= 0.3 is 6.18 Å². The van der Waals surface area contributed by atoms with E-state index in [1.807, 2.05) is 13.8 Å². The number of carbonyl (C=O) groups excluding carboxylic acids is 1. The van der Waals surface area contributed by atoms with Crippen LogP contribution in [0.3, 0.4) is 0 Å². The highest BCUT2D eigenvalue weighted by Crippen LogP contribution is 2.36. The lowest BCUT2D eigenvalue weighted by Gasteiger charge is -2.24. The maximum Gasteiger partial charge on any atom is 0.417 e. The molecule has 25 heavy (non-hydrogen) atoms. The summed E-state index contributed by atoms with van der Waals surface area (Å²) in [5.41, 5.74) is -1.35. The van der Waals surface area contributed by atoms with Crippen molar-refractivity contribution in [2.45, 2.75) is 50.9 Å². The van der Waals surface area contributed by atoms with Crippen molar-refractivity contribution in [1.82, 2.24) is 9.88 Å². The highest BCUT2D eigenvalue weighted by molar-refractivity contribution is 8.00. The van der Waals surface area contributed by atoms with E-state index in [1.54, 1.807) is 11.0 Å². The highest BCUT2D eigenvalue weighted by atomic mass is 32.2. The Bertz CT molecular complexity index is 694. The molecule has 0 aromatic carbocycles. The normalized spacial score (nSPS) is 14.5. The summed E-state index contributed by atoms with van der Waals surface area (Å²) in [5.74, 6) is 0.172. The van der Waals surface area contributed by atoms with Crippen LogP contribution < -0.4 is 0 Å². The summed E-state index contributed by atoms with van der Waals surface area (Å²) >= 11 is 0.900. The summed E-state index contributed by atoms with van der Waals surface area (Å²) in [5, 5.41) is 9.11. The Kier molecular flexibility index (Phi) is 5.99. The predicted molar refractivity (Wildman–Crippen MR) is 89.0 cm³/mol. The molecular formula is C17H20F3N3OS. The van der Waals surface area contributed by atoms with Crippen molar-refractivity contribution in [2.75, 3.05) is 12.3 Å². The number of nitriles is 1. The van der Waals surface area contributed by atoms with E-state index in [2.05, 4.69) is 4.98 Å². The number of rotatable bonds is 6. The molecule has 0 radical (unpaired) electrons. The number of nitrogens with zero attached hydrogens (tertiary/aromatic N) is 3. The van der Waals surface area contributed by atoms with Gasteiger partial charge in [0.25, 0.3) is 0 Å². The topological polar surface area (TPSA) is 57.0 Å². The first-order chi connectivity index (χ1) is 11.6. The minimum absolute atomic E-state index is 0.0222. The van der Waals surface area contributed by atoms with Gasteiger partial charge in [0.1, 0.15) is 11.1 Å². The molecule has 0 atom stereocenters. The lowest BCUT2D eigenvalue weighted by Crippen LogP contribution is -2.37. The fraction of sp³-hybridized carbons (Fsp3) is 0.588. The summed E-state index contributed by atoms with van der Waals surface area (Å²) in [6.45, 7) is 6.10. The lowest BCUT2D eigenvalue weighted by atomic mass is 10.1. The second kappa shape index (κ2) is 7.65. The third-order valence-corrected chi connectivity index (χ3v) is 4.69. The van der Waals surface area contributed by atoms with Gasteiger partial charge in [-0.15, -0.1) is 0 Å². The van der Waals surface area contributed by atoms with Gasteiger partial charge in [-0.25, -0.2) is 4.98 Å². The molecule has 0 saturated heterocycles. The maximum absolute atomic E-state index is 13.1. The molecule has 0 N–H and O–H groups in total. The summed E-state index contributed by atoms with van der Waals surface area (Å²) in [6, 6.07) is 2.69. The standard InChI is InChI=1S/C17H20F3N3OS/c1-10(2)8-23(12-4-5-12)15(24)9-25-16-13(7-21)14(17(18,19)20)6-11(3)22-16/h6,10,12H,4-5,8-9H2,1-3H3. The Morgan fingerprint density at radius 3 is 2.60 bits per heavy atom. The van der Waals surface area contributed by atoms with Crippen LogP contribution in [0.15, 0.2) is 11.1 Å². The van der Waals surface area contributed by atoms with Crippen molar-refractivity contribution in [2.24, 2.45) is 5.92 Å². The van der Waals surface area contributed by atoms with E-state index in [4.69, 9.17) is 5.26 Å². The van der Waals surface area contributed by atoms with Gasteiger partial charge in [-0.1, -0.05) is 25.6 Å². The van der Waals surface area contributed by atoms with Crippen LogP contribution in [-0.2, 0) is 11.0 Å². The van der Waals surface area contributed by atoms with E-state index in [1.165, 1.54) is 6.92 Å². The lowest BCUT2D eigenvalue weighted by molar-refractivity contribution is -0.138. The van der Waals surface area contributed by atoms with Crippen molar-refractivity contribution < 1.29 is 18.0 Å². The number of pyridine rings is 1. The van der Waals surface area contributed by atoms with Gasteiger partial charge in [-0.3, -0.25) is 4.79 Å². The number of amides is 1. The van der Waals surface area contributed by atoms with Gasteiger partial charge in [0.05, 0.1) is 16.9 Å². The van der Waals surface area contributed by atoms with E-state index in [9.17, 15) is 18.0 Å². The van der Waals surface area contributed by atoms with Crippen LogP contribution in [-0.4, -0.2) is 34.1 Å². The summed E-state index contributed by atoms with van der Waals surface area (Å²) < 4.78 is 39.4. The molecule has 0 spiro atoms. The van der Waals surface area contributed by atoms with Gasteiger partial charge in [0.15, 0.2) is 0 Å². The van der Waals surface area contributed by atoms with Crippen molar-refractivity contribution in [1.29, 1.82) is 5.26 Å². The maximum atomic E-state index is 13.1. The monoisotopic (exact) mass is 371 g/mol. The van der Waals surface area contributed by atoms with Crippen LogP contribution in [0.2, 0.25) is 0 Å². The minimum Gasteiger partial charge on any atom is -0.339 e. The molecule has 2 rings (SSSR count). The second-order valence-corrected chi connectivity index (χ2v) is 7.52. The smallest absolute Gasteiger partial charge is 0.339 e. The zero-order valence-corrected chi connectivity index (χ0v) is 15.2. The Hall–Kier alpha value is -1.75. The first kappa shape index (κ1) is 19.6. The quantitative estimate of drug-likeness (QED) is 0.709. The van der Waals surface area contributed by atoms with E-state index in [0.29, 0.717) is 12.5 Å². The number of aryl methyl sites for hydroxylation is 1. The first-order valence-corrected chi connectivity index (χ1v) is 9.03. The largest absolute Gasteiger partial charge is 0.417 e. The molecule has 1 heterocycles. The average Bonchev–Trinajstić information content (AvgIpc) is 3.33. The molecular weight excluding hydrogens is 351 g/mol. The van der Waals surface area contributed by atoms with Crippen LogP contribution >= 0.6 is 11.8 Å². The SMILES string of the molecule is Cc1cc(C(F)(F)F)c(C#N)c(SCC(=O)N(CC(C)C)C2CC2)n1. The number of thioether (sulfide) groups is 1. The van der Waals surface area contributed by atoms with E-state index in [0.717, 1.165) is 30.7 Å². The van der Waals surface area contributed by atoms with Crippen LogP contribution in [0, 0.1) is 24.2 Å². The number of hydrogen-bond acceptors (Lipinski definition) is 4. The third-order valence-electron chi connectivity index (χ3n) is 3.73. The molecule has 8 heteroatoms.